The van der Waals surface area contributed by atoms with Gasteiger partial charge in [0.05, 0.1) is 11.7 Å². The van der Waals surface area contributed by atoms with Gasteiger partial charge in [-0.2, -0.15) is 0 Å². The Balaban J connectivity index is 2.49. The Hall–Kier alpha value is -0.0800. The van der Waals surface area contributed by atoms with Crippen molar-refractivity contribution in [3.8, 4) is 0 Å². The lowest BCUT2D eigenvalue weighted by Gasteiger charge is -2.37. The fourth-order valence-corrected chi connectivity index (χ4v) is 1.65. The summed E-state index contributed by atoms with van der Waals surface area (Å²) in [7, 11) is 0. The summed E-state index contributed by atoms with van der Waals surface area (Å²) in [5, 5.41) is 9.62. The normalized spacial score (nSPS) is 35.2. The molecule has 0 saturated carbocycles. The number of aliphatic hydroxyl groups is 1. The zero-order valence-electron chi connectivity index (χ0n) is 7.47. The molecule has 0 aromatic carbocycles. The molecule has 1 unspecified atom stereocenters. The van der Waals surface area contributed by atoms with Gasteiger partial charge in [-0.05, 0) is 32.6 Å². The smallest absolute Gasteiger partial charge is 0.0912 e. The number of aliphatic hydroxyl groups excluding tert-OH is 1. The van der Waals surface area contributed by atoms with Gasteiger partial charge in [0.25, 0.3) is 0 Å². The van der Waals surface area contributed by atoms with E-state index in [-0.39, 0.29) is 11.7 Å². The molecule has 1 saturated heterocycles. The molecule has 0 aromatic heterocycles. The second-order valence-corrected chi connectivity index (χ2v) is 3.54. The molecular formula is C9H18O2. The van der Waals surface area contributed by atoms with Crippen LogP contribution in [0, 0.1) is 0 Å². The topological polar surface area (TPSA) is 29.5 Å². The lowest BCUT2D eigenvalue weighted by atomic mass is 9.89. The number of hydrogen-bond acceptors (Lipinski definition) is 2. The molecule has 0 aromatic rings. The van der Waals surface area contributed by atoms with E-state index < -0.39 is 0 Å². The largest absolute Gasteiger partial charge is 0.390 e. The van der Waals surface area contributed by atoms with E-state index in [1.54, 1.807) is 0 Å². The maximum Gasteiger partial charge on any atom is 0.0912 e. The van der Waals surface area contributed by atoms with Crippen molar-refractivity contribution in [2.24, 2.45) is 0 Å². The highest BCUT2D eigenvalue weighted by Crippen LogP contribution is 2.28. The molecule has 1 fully saturated rings. The third-order valence-electron chi connectivity index (χ3n) is 2.59. The second kappa shape index (κ2) is 3.55. The van der Waals surface area contributed by atoms with E-state index in [2.05, 4.69) is 0 Å². The lowest BCUT2D eigenvalue weighted by molar-refractivity contribution is -0.136. The standard InChI is InChI=1S/C9H18O2/c1-3-8(10)9(2)6-4-5-7-11-9/h8,10H,3-7H2,1-2H3/t8-,9?/m0/s1. The van der Waals surface area contributed by atoms with E-state index in [0.29, 0.717) is 0 Å². The fraction of sp³-hybridized carbons (Fsp3) is 1.00. The third kappa shape index (κ3) is 1.94. The van der Waals surface area contributed by atoms with E-state index in [9.17, 15) is 5.11 Å². The SMILES string of the molecule is CC[C@H](O)C1(C)CCCCO1. The Bertz CT molecular complexity index is 117. The first kappa shape index (κ1) is 9.01. The fourth-order valence-electron chi connectivity index (χ4n) is 1.65. The van der Waals surface area contributed by atoms with Crippen LogP contribution in [0.1, 0.15) is 39.5 Å². The first-order valence-corrected chi connectivity index (χ1v) is 4.51. The Morgan fingerprint density at radius 2 is 2.27 bits per heavy atom. The van der Waals surface area contributed by atoms with Crippen LogP contribution < -0.4 is 0 Å². The van der Waals surface area contributed by atoms with E-state index in [4.69, 9.17) is 4.74 Å². The van der Waals surface area contributed by atoms with Crippen molar-refractivity contribution in [2.45, 2.75) is 51.2 Å². The van der Waals surface area contributed by atoms with Crippen LogP contribution >= 0.6 is 0 Å². The van der Waals surface area contributed by atoms with Crippen molar-refractivity contribution in [2.75, 3.05) is 6.61 Å². The maximum atomic E-state index is 9.62. The highest BCUT2D eigenvalue weighted by Gasteiger charge is 2.34. The molecule has 0 spiro atoms. The van der Waals surface area contributed by atoms with Crippen LogP contribution in [0.5, 0.6) is 0 Å². The highest BCUT2D eigenvalue weighted by atomic mass is 16.5. The van der Waals surface area contributed by atoms with Crippen molar-refractivity contribution >= 4 is 0 Å². The van der Waals surface area contributed by atoms with Gasteiger partial charge in [-0.3, -0.25) is 0 Å². The second-order valence-electron chi connectivity index (χ2n) is 3.54. The van der Waals surface area contributed by atoms with E-state index in [1.165, 1.54) is 6.42 Å². The summed E-state index contributed by atoms with van der Waals surface area (Å²) < 4.78 is 5.57. The van der Waals surface area contributed by atoms with E-state index in [1.807, 2.05) is 13.8 Å². The van der Waals surface area contributed by atoms with E-state index in [0.717, 1.165) is 25.9 Å². The summed E-state index contributed by atoms with van der Waals surface area (Å²) in [6, 6.07) is 0. The van der Waals surface area contributed by atoms with Crippen molar-refractivity contribution in [1.29, 1.82) is 0 Å². The lowest BCUT2D eigenvalue weighted by Crippen LogP contribution is -2.44. The van der Waals surface area contributed by atoms with Gasteiger partial charge in [0.15, 0.2) is 0 Å². The Morgan fingerprint density at radius 3 is 2.73 bits per heavy atom. The van der Waals surface area contributed by atoms with Crippen LogP contribution in [0.2, 0.25) is 0 Å². The molecule has 0 bridgehead atoms. The minimum atomic E-state index is -0.289. The van der Waals surface area contributed by atoms with Crippen LogP contribution in [0.4, 0.5) is 0 Å². The molecule has 0 radical (unpaired) electrons. The van der Waals surface area contributed by atoms with Gasteiger partial charge < -0.3 is 9.84 Å². The molecule has 2 atom stereocenters. The Labute approximate surface area is 68.6 Å². The van der Waals surface area contributed by atoms with Crippen LogP contribution in [0.3, 0.4) is 0 Å². The maximum absolute atomic E-state index is 9.62. The minimum absolute atomic E-state index is 0.257. The third-order valence-corrected chi connectivity index (χ3v) is 2.59. The first-order valence-electron chi connectivity index (χ1n) is 4.51. The van der Waals surface area contributed by atoms with Crippen LogP contribution in [0.15, 0.2) is 0 Å². The van der Waals surface area contributed by atoms with E-state index >= 15 is 0 Å². The molecular weight excluding hydrogens is 140 g/mol. The molecule has 1 heterocycles. The van der Waals surface area contributed by atoms with Crippen LogP contribution in [0.25, 0.3) is 0 Å². The number of rotatable bonds is 2. The molecule has 2 heteroatoms. The summed E-state index contributed by atoms with van der Waals surface area (Å²) in [5.74, 6) is 0. The summed E-state index contributed by atoms with van der Waals surface area (Å²) >= 11 is 0. The van der Waals surface area contributed by atoms with Crippen molar-refractivity contribution in [1.82, 2.24) is 0 Å². The number of ether oxygens (including phenoxy) is 1. The molecule has 1 aliphatic heterocycles. The van der Waals surface area contributed by atoms with Crippen LogP contribution in [-0.4, -0.2) is 23.4 Å². The van der Waals surface area contributed by atoms with Crippen molar-refractivity contribution in [3.05, 3.63) is 0 Å². The number of hydrogen-bond donors (Lipinski definition) is 1. The Morgan fingerprint density at radius 1 is 1.55 bits per heavy atom. The molecule has 1 rings (SSSR count). The van der Waals surface area contributed by atoms with Gasteiger partial charge in [0.1, 0.15) is 0 Å². The zero-order valence-corrected chi connectivity index (χ0v) is 7.47. The summed E-state index contributed by atoms with van der Waals surface area (Å²) in [4.78, 5) is 0. The van der Waals surface area contributed by atoms with Gasteiger partial charge >= 0.3 is 0 Å². The average molecular weight is 158 g/mol. The van der Waals surface area contributed by atoms with Gasteiger partial charge in [-0.25, -0.2) is 0 Å². The summed E-state index contributed by atoms with van der Waals surface area (Å²) in [6.07, 6.45) is 3.83. The Kier molecular flexibility index (Phi) is 2.90. The first-order chi connectivity index (χ1) is 5.19. The average Bonchev–Trinajstić information content (AvgIpc) is 2.04. The molecule has 1 N–H and O–H groups in total. The molecule has 1 aliphatic rings. The van der Waals surface area contributed by atoms with Crippen molar-refractivity contribution in [3.63, 3.8) is 0 Å². The molecule has 66 valence electrons. The predicted octanol–water partition coefficient (Wildman–Crippen LogP) is 1.72. The van der Waals surface area contributed by atoms with Crippen LogP contribution in [-0.2, 0) is 4.74 Å². The molecule has 0 amide bonds. The zero-order chi connectivity index (χ0) is 8.32. The quantitative estimate of drug-likeness (QED) is 0.663. The van der Waals surface area contributed by atoms with Gasteiger partial charge in [-0.1, -0.05) is 6.92 Å². The summed E-state index contributed by atoms with van der Waals surface area (Å²) in [6.45, 7) is 4.82. The van der Waals surface area contributed by atoms with Gasteiger partial charge in [-0.15, -0.1) is 0 Å². The minimum Gasteiger partial charge on any atom is -0.390 e. The molecule has 0 aliphatic carbocycles. The molecule has 2 nitrogen and oxygen atoms in total. The highest BCUT2D eigenvalue weighted by molar-refractivity contribution is 4.85. The predicted molar refractivity (Wildman–Crippen MR) is 44.5 cm³/mol. The van der Waals surface area contributed by atoms with Crippen molar-refractivity contribution < 1.29 is 9.84 Å². The molecule has 11 heavy (non-hydrogen) atoms. The van der Waals surface area contributed by atoms with Gasteiger partial charge in [0.2, 0.25) is 0 Å². The van der Waals surface area contributed by atoms with Gasteiger partial charge in [0, 0.05) is 6.61 Å². The summed E-state index contributed by atoms with van der Waals surface area (Å²) in [5.41, 5.74) is -0.257. The monoisotopic (exact) mass is 158 g/mol.